The molecule has 0 aliphatic heterocycles. The van der Waals surface area contributed by atoms with Gasteiger partial charge in [-0.25, -0.2) is 9.97 Å². The van der Waals surface area contributed by atoms with Gasteiger partial charge in [-0.1, -0.05) is 43.2 Å². The van der Waals surface area contributed by atoms with Crippen LogP contribution in [0.5, 0.6) is 0 Å². The number of alkyl halides is 3. The fourth-order valence-corrected chi connectivity index (χ4v) is 4.38. The Morgan fingerprint density at radius 2 is 1.80 bits per heavy atom. The van der Waals surface area contributed by atoms with Crippen molar-refractivity contribution in [2.24, 2.45) is 0 Å². The third kappa shape index (κ3) is 2.89. The molecule has 0 bridgehead atoms. The Morgan fingerprint density at radius 3 is 2.47 bits per heavy atom. The quantitative estimate of drug-likeness (QED) is 0.426. The average Bonchev–Trinajstić information content (AvgIpc) is 3.35. The molecule has 3 aromatic heterocycles. The number of pyridine rings is 1. The largest absolute Gasteiger partial charge is 0.430 e. The summed E-state index contributed by atoms with van der Waals surface area (Å²) in [6, 6.07) is 9.55. The molecule has 0 unspecified atom stereocenters. The SMILES string of the molecule is Cc1nc2c(oc3nc(-c4ccccc4)cc(C(F)(F)F)c32)c(=O)n1C1CCCC1. The van der Waals surface area contributed by atoms with Gasteiger partial charge in [0.15, 0.2) is 0 Å². The zero-order valence-corrected chi connectivity index (χ0v) is 16.2. The van der Waals surface area contributed by atoms with E-state index in [-0.39, 0.29) is 33.9 Å². The minimum absolute atomic E-state index is 0.00228. The average molecular weight is 413 g/mol. The molecule has 4 aromatic rings. The summed E-state index contributed by atoms with van der Waals surface area (Å²) in [4.78, 5) is 21.8. The molecule has 3 heterocycles. The molecular formula is C22H18F3N3O2. The van der Waals surface area contributed by atoms with Crippen molar-refractivity contribution in [1.29, 1.82) is 0 Å². The summed E-state index contributed by atoms with van der Waals surface area (Å²) >= 11 is 0. The predicted octanol–water partition coefficient (Wildman–Crippen LogP) is 5.65. The van der Waals surface area contributed by atoms with Crippen molar-refractivity contribution < 1.29 is 17.6 Å². The van der Waals surface area contributed by atoms with Gasteiger partial charge in [0.05, 0.1) is 16.6 Å². The lowest BCUT2D eigenvalue weighted by Crippen LogP contribution is -2.26. The van der Waals surface area contributed by atoms with Crippen LogP contribution in [0.25, 0.3) is 33.5 Å². The summed E-state index contributed by atoms with van der Waals surface area (Å²) < 4.78 is 49.1. The molecule has 1 aromatic carbocycles. The van der Waals surface area contributed by atoms with E-state index in [4.69, 9.17) is 4.42 Å². The van der Waals surface area contributed by atoms with E-state index in [1.807, 2.05) is 0 Å². The first-order valence-corrected chi connectivity index (χ1v) is 9.83. The van der Waals surface area contributed by atoms with E-state index < -0.39 is 17.3 Å². The summed E-state index contributed by atoms with van der Waals surface area (Å²) in [6.07, 6.45) is -0.946. The van der Waals surface area contributed by atoms with Crippen LogP contribution in [-0.4, -0.2) is 14.5 Å². The van der Waals surface area contributed by atoms with Gasteiger partial charge in [0.25, 0.3) is 5.56 Å². The fraction of sp³-hybridized carbons (Fsp3) is 0.318. The highest BCUT2D eigenvalue weighted by Gasteiger charge is 2.37. The van der Waals surface area contributed by atoms with Gasteiger partial charge in [0.2, 0.25) is 11.3 Å². The van der Waals surface area contributed by atoms with Crippen LogP contribution >= 0.6 is 0 Å². The third-order valence-electron chi connectivity index (χ3n) is 5.74. The van der Waals surface area contributed by atoms with E-state index in [2.05, 4.69) is 9.97 Å². The third-order valence-corrected chi connectivity index (χ3v) is 5.74. The lowest BCUT2D eigenvalue weighted by Gasteiger charge is -2.15. The lowest BCUT2D eigenvalue weighted by molar-refractivity contribution is -0.136. The highest BCUT2D eigenvalue weighted by Crippen LogP contribution is 2.40. The van der Waals surface area contributed by atoms with E-state index in [0.29, 0.717) is 11.4 Å². The molecule has 1 saturated carbocycles. The summed E-state index contributed by atoms with van der Waals surface area (Å²) in [6.45, 7) is 1.65. The number of hydrogen-bond donors (Lipinski definition) is 0. The molecule has 5 nitrogen and oxygen atoms in total. The van der Waals surface area contributed by atoms with Crippen LogP contribution in [0.15, 0.2) is 45.6 Å². The van der Waals surface area contributed by atoms with E-state index in [0.717, 1.165) is 31.7 Å². The minimum atomic E-state index is -4.66. The monoisotopic (exact) mass is 413 g/mol. The smallest absolute Gasteiger partial charge is 0.417 e. The van der Waals surface area contributed by atoms with E-state index in [1.165, 1.54) is 0 Å². The van der Waals surface area contributed by atoms with Crippen molar-refractivity contribution in [3.63, 3.8) is 0 Å². The lowest BCUT2D eigenvalue weighted by atomic mass is 10.1. The summed E-state index contributed by atoms with van der Waals surface area (Å²) in [5.74, 6) is 0.391. The number of furan rings is 1. The number of halogens is 3. The Labute approximate surface area is 169 Å². The zero-order chi connectivity index (χ0) is 21.0. The second-order valence-electron chi connectivity index (χ2n) is 7.65. The van der Waals surface area contributed by atoms with Gasteiger partial charge in [-0.2, -0.15) is 13.2 Å². The molecule has 1 aliphatic rings. The molecule has 154 valence electrons. The van der Waals surface area contributed by atoms with Crippen molar-refractivity contribution in [2.45, 2.75) is 44.8 Å². The molecule has 1 fully saturated rings. The molecule has 0 radical (unpaired) electrons. The first-order valence-electron chi connectivity index (χ1n) is 9.83. The van der Waals surface area contributed by atoms with Crippen molar-refractivity contribution in [2.75, 3.05) is 0 Å². The Hall–Kier alpha value is -3.16. The normalized spacial score (nSPS) is 15.5. The van der Waals surface area contributed by atoms with Gasteiger partial charge in [-0.05, 0) is 25.8 Å². The Kier molecular flexibility index (Phi) is 4.20. The standard InChI is InChI=1S/C22H18F3N3O2/c1-12-26-18-17-15(22(23,24)25)11-16(13-7-3-2-4-8-13)27-20(17)30-19(18)21(29)28(12)14-9-5-6-10-14/h2-4,7-8,11,14H,5-6,9-10H2,1H3. The van der Waals surface area contributed by atoms with E-state index >= 15 is 0 Å². The molecule has 5 rings (SSSR count). The molecule has 0 amide bonds. The summed E-state index contributed by atoms with van der Waals surface area (Å²) in [5.41, 5.74) is -1.19. The molecule has 0 spiro atoms. The van der Waals surface area contributed by atoms with Gasteiger partial charge in [0, 0.05) is 11.6 Å². The first kappa shape index (κ1) is 18.8. The maximum absolute atomic E-state index is 14.0. The van der Waals surface area contributed by atoms with Gasteiger partial charge in [-0.3, -0.25) is 9.36 Å². The highest BCUT2D eigenvalue weighted by atomic mass is 19.4. The second kappa shape index (κ2) is 6.68. The Bertz CT molecular complexity index is 1320. The second-order valence-corrected chi connectivity index (χ2v) is 7.65. The molecule has 0 saturated heterocycles. The van der Waals surface area contributed by atoms with Crippen LogP contribution in [0.1, 0.15) is 43.1 Å². The molecular weight excluding hydrogens is 395 g/mol. The first-order chi connectivity index (χ1) is 14.3. The van der Waals surface area contributed by atoms with E-state index in [1.54, 1.807) is 41.8 Å². The summed E-state index contributed by atoms with van der Waals surface area (Å²) in [7, 11) is 0. The minimum Gasteiger partial charge on any atom is -0.430 e. The van der Waals surface area contributed by atoms with Crippen LogP contribution in [0.4, 0.5) is 13.2 Å². The summed E-state index contributed by atoms with van der Waals surface area (Å²) in [5, 5.41) is -0.268. The topological polar surface area (TPSA) is 60.9 Å². The Balaban J connectivity index is 1.85. The number of hydrogen-bond acceptors (Lipinski definition) is 4. The molecule has 0 N–H and O–H groups in total. The Morgan fingerprint density at radius 1 is 1.10 bits per heavy atom. The van der Waals surface area contributed by atoms with Crippen molar-refractivity contribution >= 4 is 22.2 Å². The van der Waals surface area contributed by atoms with Gasteiger partial charge >= 0.3 is 6.18 Å². The van der Waals surface area contributed by atoms with Crippen LogP contribution in [0.2, 0.25) is 0 Å². The van der Waals surface area contributed by atoms with Gasteiger partial charge < -0.3 is 4.42 Å². The van der Waals surface area contributed by atoms with E-state index in [9.17, 15) is 18.0 Å². The molecule has 0 atom stereocenters. The number of nitrogens with zero attached hydrogens (tertiary/aromatic N) is 3. The van der Waals surface area contributed by atoms with Crippen molar-refractivity contribution in [3.8, 4) is 11.3 Å². The maximum Gasteiger partial charge on any atom is 0.417 e. The van der Waals surface area contributed by atoms with Gasteiger partial charge in [-0.15, -0.1) is 0 Å². The number of aromatic nitrogens is 3. The van der Waals surface area contributed by atoms with Crippen LogP contribution in [-0.2, 0) is 6.18 Å². The number of rotatable bonds is 2. The molecule has 8 heteroatoms. The predicted molar refractivity (Wildman–Crippen MR) is 106 cm³/mol. The maximum atomic E-state index is 14.0. The number of aryl methyl sites for hydroxylation is 1. The number of fused-ring (bicyclic) bond motifs is 3. The van der Waals surface area contributed by atoms with Crippen LogP contribution in [0, 0.1) is 6.92 Å². The van der Waals surface area contributed by atoms with Crippen LogP contribution < -0.4 is 5.56 Å². The fourth-order valence-electron chi connectivity index (χ4n) is 4.38. The molecule has 30 heavy (non-hydrogen) atoms. The van der Waals surface area contributed by atoms with Gasteiger partial charge in [0.1, 0.15) is 11.3 Å². The van der Waals surface area contributed by atoms with Crippen molar-refractivity contribution in [3.05, 3.63) is 58.1 Å². The van der Waals surface area contributed by atoms with Crippen molar-refractivity contribution in [1.82, 2.24) is 14.5 Å². The van der Waals surface area contributed by atoms with Crippen LogP contribution in [0.3, 0.4) is 0 Å². The molecule has 1 aliphatic carbocycles. The number of benzene rings is 1. The highest BCUT2D eigenvalue weighted by molar-refractivity contribution is 6.03. The zero-order valence-electron chi connectivity index (χ0n) is 16.2.